The van der Waals surface area contributed by atoms with Gasteiger partial charge in [-0.3, -0.25) is 19.1 Å². The molecule has 0 aliphatic carbocycles. The third-order valence-corrected chi connectivity index (χ3v) is 6.48. The normalized spacial score (nSPS) is 27.8. The maximum absolute atomic E-state index is 12.4. The summed E-state index contributed by atoms with van der Waals surface area (Å²) in [6, 6.07) is -1.80. The monoisotopic (exact) mass is 489 g/mol. The van der Waals surface area contributed by atoms with Gasteiger partial charge in [0, 0.05) is 20.0 Å². The number of hydrogen-bond donors (Lipinski definition) is 7. The van der Waals surface area contributed by atoms with Crippen LogP contribution in [0.15, 0.2) is 0 Å². The number of hydrogen-bond acceptors (Lipinski definition) is 9. The first-order valence-electron chi connectivity index (χ1n) is 9.32. The molecular weight excluding hydrogens is 461 g/mol. The fraction of sp³-hybridized carbons (Fsp3) is 0.812. The number of nitrogens with zero attached hydrogens (tertiary/aromatic N) is 1. The second-order valence-corrected chi connectivity index (χ2v) is 9.67. The molecule has 0 aromatic rings. The summed E-state index contributed by atoms with van der Waals surface area (Å²) in [5.41, 5.74) is -2.01. The predicted octanol–water partition coefficient (Wildman–Crippen LogP) is -2.71. The van der Waals surface area contributed by atoms with Gasteiger partial charge in [0.2, 0.25) is 11.8 Å². The molecule has 1 aliphatic rings. The first-order valence-corrected chi connectivity index (χ1v) is 11.6. The standard InChI is InChI=1S/C16H29ClN3O10P/c1-9(22)18-6-10-13(24)14(25)11(7-21)20(10)3-4-31(28,29)30-8-16(2,15(26)27)19-12(23)5-17/h10-11,13-14,21,24-25H,3-8H2,1-2H3,(H,18,22)(H,19,23)(H,26,27)(H,28,29)/t10-,11-,13-,14-,16?/m1/s1. The topological polar surface area (TPSA) is 206 Å². The number of likely N-dealkylation sites (tertiary alicyclic amines) is 1. The molecule has 1 heterocycles. The van der Waals surface area contributed by atoms with Crippen LogP contribution in [0.5, 0.6) is 0 Å². The summed E-state index contributed by atoms with van der Waals surface area (Å²) in [6.07, 6.45) is -3.23. The Morgan fingerprint density at radius 3 is 2.29 bits per heavy atom. The molecule has 1 aliphatic heterocycles. The van der Waals surface area contributed by atoms with Crippen LogP contribution in [0.4, 0.5) is 0 Å². The number of aliphatic carboxylic acids is 1. The Morgan fingerprint density at radius 1 is 1.23 bits per heavy atom. The lowest BCUT2D eigenvalue weighted by molar-refractivity contribution is -0.148. The number of rotatable bonds is 12. The molecule has 2 amide bonds. The summed E-state index contributed by atoms with van der Waals surface area (Å²) in [6.45, 7) is 0.634. The van der Waals surface area contributed by atoms with E-state index >= 15 is 0 Å². The minimum atomic E-state index is -4.40. The largest absolute Gasteiger partial charge is 0.479 e. The van der Waals surface area contributed by atoms with E-state index in [4.69, 9.17) is 16.1 Å². The Bertz CT molecular complexity index is 713. The lowest BCUT2D eigenvalue weighted by atomic mass is 10.0. The van der Waals surface area contributed by atoms with Crippen molar-refractivity contribution in [1.82, 2.24) is 15.5 Å². The van der Waals surface area contributed by atoms with Crippen LogP contribution >= 0.6 is 19.2 Å². The van der Waals surface area contributed by atoms with Crippen molar-refractivity contribution < 1.29 is 48.8 Å². The molecule has 6 atom stereocenters. The summed E-state index contributed by atoms with van der Waals surface area (Å²) >= 11 is 5.34. The van der Waals surface area contributed by atoms with Gasteiger partial charge in [0.1, 0.15) is 5.88 Å². The smallest absolute Gasteiger partial charge is 0.331 e. The molecule has 0 aromatic heterocycles. The zero-order valence-corrected chi connectivity index (χ0v) is 18.8. The maximum atomic E-state index is 12.4. The zero-order valence-electron chi connectivity index (χ0n) is 17.1. The fourth-order valence-corrected chi connectivity index (χ4v) is 4.29. The average Bonchev–Trinajstić information content (AvgIpc) is 2.92. The number of carboxylic acids is 1. The van der Waals surface area contributed by atoms with Crippen LogP contribution in [-0.4, -0.2) is 116 Å². The minimum absolute atomic E-state index is 0.0812. The van der Waals surface area contributed by atoms with Gasteiger partial charge in [-0.15, -0.1) is 11.6 Å². The first-order chi connectivity index (χ1) is 14.3. The van der Waals surface area contributed by atoms with E-state index in [2.05, 4.69) is 10.6 Å². The molecule has 15 heteroatoms. The van der Waals surface area contributed by atoms with E-state index in [1.54, 1.807) is 0 Å². The van der Waals surface area contributed by atoms with Crippen LogP contribution < -0.4 is 10.6 Å². The number of carbonyl (C=O) groups excluding carboxylic acids is 2. The Balaban J connectivity index is 2.84. The van der Waals surface area contributed by atoms with E-state index < -0.39 is 80.5 Å². The summed E-state index contributed by atoms with van der Waals surface area (Å²) in [7, 11) is -4.40. The predicted molar refractivity (Wildman–Crippen MR) is 108 cm³/mol. The third kappa shape index (κ3) is 7.65. The van der Waals surface area contributed by atoms with Crippen LogP contribution in [0.25, 0.3) is 0 Å². The fourth-order valence-electron chi connectivity index (χ4n) is 3.15. The molecule has 180 valence electrons. The number of carbonyl (C=O) groups is 3. The number of nitrogens with one attached hydrogen (secondary N) is 2. The van der Waals surface area contributed by atoms with Crippen molar-refractivity contribution in [2.24, 2.45) is 0 Å². The number of aliphatic hydroxyl groups is 3. The van der Waals surface area contributed by atoms with Crippen molar-refractivity contribution in [3.05, 3.63) is 0 Å². The number of aliphatic hydroxyl groups excluding tert-OH is 3. The summed E-state index contributed by atoms with van der Waals surface area (Å²) in [5, 5.41) is 43.8. The second-order valence-electron chi connectivity index (χ2n) is 7.43. The van der Waals surface area contributed by atoms with Crippen LogP contribution in [0, 0.1) is 0 Å². The number of halogens is 1. The van der Waals surface area contributed by atoms with E-state index in [-0.39, 0.29) is 13.1 Å². The molecule has 1 saturated heterocycles. The molecule has 0 radical (unpaired) electrons. The second kappa shape index (κ2) is 11.5. The van der Waals surface area contributed by atoms with E-state index in [1.165, 1.54) is 11.8 Å². The van der Waals surface area contributed by atoms with Gasteiger partial charge in [-0.2, -0.15) is 0 Å². The van der Waals surface area contributed by atoms with E-state index in [0.717, 1.165) is 6.92 Å². The van der Waals surface area contributed by atoms with Crippen molar-refractivity contribution in [2.45, 2.75) is 43.7 Å². The lowest BCUT2D eigenvalue weighted by Gasteiger charge is -2.31. The van der Waals surface area contributed by atoms with Crippen LogP contribution in [0.3, 0.4) is 0 Å². The lowest BCUT2D eigenvalue weighted by Crippen LogP contribution is -2.55. The highest BCUT2D eigenvalue weighted by Crippen LogP contribution is 2.43. The number of carboxylic acid groups (broad SMARTS) is 1. The molecule has 7 N–H and O–H groups in total. The summed E-state index contributed by atoms with van der Waals surface area (Å²) in [4.78, 5) is 45.6. The molecule has 13 nitrogen and oxygen atoms in total. The van der Waals surface area contributed by atoms with E-state index in [1.807, 2.05) is 0 Å². The van der Waals surface area contributed by atoms with Gasteiger partial charge >= 0.3 is 13.6 Å². The van der Waals surface area contributed by atoms with Crippen molar-refractivity contribution in [3.63, 3.8) is 0 Å². The van der Waals surface area contributed by atoms with Gasteiger partial charge < -0.3 is 40.5 Å². The van der Waals surface area contributed by atoms with Gasteiger partial charge in [0.25, 0.3) is 0 Å². The highest BCUT2D eigenvalue weighted by molar-refractivity contribution is 7.52. The molecule has 1 fully saturated rings. The molecule has 0 spiro atoms. The Morgan fingerprint density at radius 2 is 1.81 bits per heavy atom. The van der Waals surface area contributed by atoms with Crippen LogP contribution in [0.1, 0.15) is 13.8 Å². The number of alkyl halides is 1. The highest BCUT2D eigenvalue weighted by atomic mass is 35.5. The molecule has 0 bridgehead atoms. The summed E-state index contributed by atoms with van der Waals surface area (Å²) in [5.74, 6) is -3.23. The van der Waals surface area contributed by atoms with Crippen molar-refractivity contribution >= 4 is 37.0 Å². The maximum Gasteiger partial charge on any atom is 0.331 e. The molecule has 0 saturated carbocycles. The molecule has 31 heavy (non-hydrogen) atoms. The Labute approximate surface area is 183 Å². The highest BCUT2D eigenvalue weighted by Gasteiger charge is 2.47. The van der Waals surface area contributed by atoms with Crippen LogP contribution in [0.2, 0.25) is 0 Å². The first kappa shape index (κ1) is 27.7. The van der Waals surface area contributed by atoms with E-state index in [9.17, 15) is 44.3 Å². The molecule has 2 unspecified atom stereocenters. The molecule has 1 rings (SSSR count). The van der Waals surface area contributed by atoms with E-state index in [0.29, 0.717) is 0 Å². The average molecular weight is 490 g/mol. The van der Waals surface area contributed by atoms with Crippen LogP contribution in [-0.2, 0) is 23.5 Å². The SMILES string of the molecule is CC(=O)NC[C@@H]1[C@@H](O)[C@H](O)[C@@H](CO)N1CCP(=O)(O)OCC(C)(NC(=O)CCl)C(=O)O. The minimum Gasteiger partial charge on any atom is -0.479 e. The van der Waals surface area contributed by atoms with Gasteiger partial charge in [0.05, 0.1) is 43.7 Å². The van der Waals surface area contributed by atoms with Gasteiger partial charge in [0.15, 0.2) is 5.54 Å². The van der Waals surface area contributed by atoms with Gasteiger partial charge in [-0.1, -0.05) is 0 Å². The van der Waals surface area contributed by atoms with Gasteiger partial charge in [-0.25, -0.2) is 4.79 Å². The quantitative estimate of drug-likeness (QED) is 0.111. The van der Waals surface area contributed by atoms with Crippen molar-refractivity contribution in [1.29, 1.82) is 0 Å². The van der Waals surface area contributed by atoms with Crippen molar-refractivity contribution in [3.8, 4) is 0 Å². The molecular formula is C16H29ClN3O10P. The third-order valence-electron chi connectivity index (χ3n) is 4.94. The zero-order chi connectivity index (χ0) is 24.0. The number of amides is 2. The Hall–Kier alpha value is -1.31. The molecule has 0 aromatic carbocycles. The van der Waals surface area contributed by atoms with Gasteiger partial charge in [-0.05, 0) is 6.92 Å². The Kier molecular flexibility index (Phi) is 10.3. The summed E-state index contributed by atoms with van der Waals surface area (Å²) < 4.78 is 17.3. The van der Waals surface area contributed by atoms with Crippen molar-refractivity contribution in [2.75, 3.05) is 38.3 Å².